The van der Waals surface area contributed by atoms with E-state index in [2.05, 4.69) is 15.3 Å². The van der Waals surface area contributed by atoms with Crippen LogP contribution in [0.25, 0.3) is 10.4 Å². The van der Waals surface area contributed by atoms with Crippen molar-refractivity contribution < 1.29 is 4.79 Å². The summed E-state index contributed by atoms with van der Waals surface area (Å²) in [5, 5.41) is 2.93. The van der Waals surface area contributed by atoms with E-state index in [0.717, 1.165) is 22.6 Å². The number of carbonyl (C=O) groups excluding carboxylic acids is 1. The molecule has 0 saturated heterocycles. The van der Waals surface area contributed by atoms with Gasteiger partial charge < -0.3 is 5.32 Å². The summed E-state index contributed by atoms with van der Waals surface area (Å²) in [7, 11) is 0. The Morgan fingerprint density at radius 1 is 1.05 bits per heavy atom. The zero-order chi connectivity index (χ0) is 15.2. The molecular formula is C17H15N3OS. The molecule has 0 fully saturated rings. The topological polar surface area (TPSA) is 54.9 Å². The Morgan fingerprint density at radius 2 is 1.91 bits per heavy atom. The largest absolute Gasteiger partial charge is 0.351 e. The van der Waals surface area contributed by atoms with Crippen molar-refractivity contribution in [3.05, 3.63) is 71.6 Å². The third kappa shape index (κ3) is 3.56. The van der Waals surface area contributed by atoms with Crippen LogP contribution in [0.2, 0.25) is 0 Å². The first-order chi connectivity index (χ1) is 10.8. The summed E-state index contributed by atoms with van der Waals surface area (Å²) in [5.41, 5.74) is 2.05. The van der Waals surface area contributed by atoms with Crippen LogP contribution in [-0.2, 0) is 6.42 Å². The highest BCUT2D eigenvalue weighted by Crippen LogP contribution is 2.27. The van der Waals surface area contributed by atoms with E-state index in [-0.39, 0.29) is 5.91 Å². The number of hydrogen-bond acceptors (Lipinski definition) is 4. The number of aromatic nitrogens is 2. The lowest BCUT2D eigenvalue weighted by molar-refractivity contribution is 0.0958. The van der Waals surface area contributed by atoms with Gasteiger partial charge in [-0.1, -0.05) is 6.07 Å². The van der Waals surface area contributed by atoms with Crippen LogP contribution in [-0.4, -0.2) is 22.4 Å². The molecule has 5 heteroatoms. The SMILES string of the molecule is O=C(NCCc1ccccn1)c1ccc(-c2ccncc2)s1. The molecule has 0 aliphatic heterocycles. The summed E-state index contributed by atoms with van der Waals surface area (Å²) in [6.45, 7) is 0.582. The first kappa shape index (κ1) is 14.4. The molecule has 0 bridgehead atoms. The lowest BCUT2D eigenvalue weighted by atomic mass is 10.2. The Labute approximate surface area is 132 Å². The average molecular weight is 309 g/mol. The molecule has 3 rings (SSSR count). The van der Waals surface area contributed by atoms with Crippen molar-refractivity contribution in [2.45, 2.75) is 6.42 Å². The third-order valence-electron chi connectivity index (χ3n) is 3.19. The Bertz CT molecular complexity index is 741. The second-order valence-electron chi connectivity index (χ2n) is 4.73. The fourth-order valence-electron chi connectivity index (χ4n) is 2.07. The average Bonchev–Trinajstić information content (AvgIpc) is 3.07. The van der Waals surface area contributed by atoms with Gasteiger partial charge in [-0.3, -0.25) is 14.8 Å². The Hall–Kier alpha value is -2.53. The number of rotatable bonds is 5. The molecule has 0 atom stereocenters. The van der Waals surface area contributed by atoms with E-state index in [9.17, 15) is 4.79 Å². The van der Waals surface area contributed by atoms with Gasteiger partial charge in [0.1, 0.15) is 0 Å². The van der Waals surface area contributed by atoms with Gasteiger partial charge in [-0.2, -0.15) is 0 Å². The second-order valence-corrected chi connectivity index (χ2v) is 5.81. The summed E-state index contributed by atoms with van der Waals surface area (Å²) >= 11 is 1.48. The molecule has 0 aromatic carbocycles. The second kappa shape index (κ2) is 6.95. The minimum atomic E-state index is -0.0405. The lowest BCUT2D eigenvalue weighted by Crippen LogP contribution is -2.25. The van der Waals surface area contributed by atoms with E-state index in [1.807, 2.05) is 42.5 Å². The highest BCUT2D eigenvalue weighted by atomic mass is 32.1. The van der Waals surface area contributed by atoms with Gasteiger partial charge in [0.15, 0.2) is 0 Å². The van der Waals surface area contributed by atoms with Gasteiger partial charge in [0.25, 0.3) is 5.91 Å². The molecule has 0 unspecified atom stereocenters. The highest BCUT2D eigenvalue weighted by molar-refractivity contribution is 7.17. The molecule has 4 nitrogen and oxygen atoms in total. The van der Waals surface area contributed by atoms with Crippen molar-refractivity contribution in [3.8, 4) is 10.4 Å². The van der Waals surface area contributed by atoms with Crippen LogP contribution >= 0.6 is 11.3 Å². The van der Waals surface area contributed by atoms with Crippen molar-refractivity contribution in [2.24, 2.45) is 0 Å². The molecule has 0 spiro atoms. The Balaban J connectivity index is 1.58. The maximum atomic E-state index is 12.1. The zero-order valence-electron chi connectivity index (χ0n) is 11.9. The predicted octanol–water partition coefficient (Wildman–Crippen LogP) is 3.18. The van der Waals surface area contributed by atoms with E-state index in [4.69, 9.17) is 0 Å². The molecule has 0 aliphatic carbocycles. The third-order valence-corrected chi connectivity index (χ3v) is 4.32. The standard InChI is InChI=1S/C17H15N3OS/c21-17(20-12-8-14-3-1-2-9-19-14)16-5-4-15(22-16)13-6-10-18-11-7-13/h1-7,9-11H,8,12H2,(H,20,21). The minimum Gasteiger partial charge on any atom is -0.351 e. The number of thiophene rings is 1. The smallest absolute Gasteiger partial charge is 0.261 e. The summed E-state index contributed by atoms with van der Waals surface area (Å²) in [4.78, 5) is 22.2. The van der Waals surface area contributed by atoms with Crippen molar-refractivity contribution in [3.63, 3.8) is 0 Å². The maximum Gasteiger partial charge on any atom is 0.261 e. The van der Waals surface area contributed by atoms with Gasteiger partial charge in [-0.25, -0.2) is 0 Å². The number of nitrogens with one attached hydrogen (secondary N) is 1. The summed E-state index contributed by atoms with van der Waals surface area (Å²) < 4.78 is 0. The number of nitrogens with zero attached hydrogens (tertiary/aromatic N) is 2. The summed E-state index contributed by atoms with van der Waals surface area (Å²) in [6.07, 6.45) is 6.00. The van der Waals surface area contributed by atoms with E-state index in [1.54, 1.807) is 18.6 Å². The van der Waals surface area contributed by atoms with Gasteiger partial charge in [-0.05, 0) is 42.0 Å². The van der Waals surface area contributed by atoms with E-state index >= 15 is 0 Å². The quantitative estimate of drug-likeness (QED) is 0.787. The van der Waals surface area contributed by atoms with Gasteiger partial charge >= 0.3 is 0 Å². The molecule has 110 valence electrons. The van der Waals surface area contributed by atoms with Crippen LogP contribution in [0.3, 0.4) is 0 Å². The van der Waals surface area contributed by atoms with E-state index < -0.39 is 0 Å². The minimum absolute atomic E-state index is 0.0405. The highest BCUT2D eigenvalue weighted by Gasteiger charge is 2.09. The van der Waals surface area contributed by atoms with E-state index in [1.165, 1.54) is 11.3 Å². The van der Waals surface area contributed by atoms with E-state index in [0.29, 0.717) is 11.4 Å². The van der Waals surface area contributed by atoms with Gasteiger partial charge in [0, 0.05) is 42.1 Å². The molecule has 22 heavy (non-hydrogen) atoms. The van der Waals surface area contributed by atoms with Crippen molar-refractivity contribution in [2.75, 3.05) is 6.54 Å². The number of pyridine rings is 2. The lowest BCUT2D eigenvalue weighted by Gasteiger charge is -2.03. The first-order valence-electron chi connectivity index (χ1n) is 7.01. The molecule has 0 aliphatic rings. The molecule has 3 aromatic heterocycles. The normalized spacial score (nSPS) is 10.4. The van der Waals surface area contributed by atoms with Crippen LogP contribution in [0.15, 0.2) is 61.1 Å². The Morgan fingerprint density at radius 3 is 2.68 bits per heavy atom. The monoisotopic (exact) mass is 309 g/mol. The maximum absolute atomic E-state index is 12.1. The molecule has 3 heterocycles. The van der Waals surface area contributed by atoms with Gasteiger partial charge in [0.2, 0.25) is 0 Å². The first-order valence-corrected chi connectivity index (χ1v) is 7.83. The number of amides is 1. The van der Waals surface area contributed by atoms with Crippen LogP contribution in [0.4, 0.5) is 0 Å². The molecule has 0 saturated carbocycles. The van der Waals surface area contributed by atoms with Crippen LogP contribution in [0.1, 0.15) is 15.4 Å². The summed E-state index contributed by atoms with van der Waals surface area (Å²) in [6, 6.07) is 13.5. The van der Waals surface area contributed by atoms with Crippen molar-refractivity contribution in [1.82, 2.24) is 15.3 Å². The van der Waals surface area contributed by atoms with Gasteiger partial charge in [-0.15, -0.1) is 11.3 Å². The van der Waals surface area contributed by atoms with Crippen molar-refractivity contribution >= 4 is 17.2 Å². The fourth-order valence-corrected chi connectivity index (χ4v) is 3.00. The van der Waals surface area contributed by atoms with Gasteiger partial charge in [0.05, 0.1) is 4.88 Å². The fraction of sp³-hybridized carbons (Fsp3) is 0.118. The van der Waals surface area contributed by atoms with Crippen LogP contribution in [0.5, 0.6) is 0 Å². The van der Waals surface area contributed by atoms with Crippen LogP contribution in [0, 0.1) is 0 Å². The van der Waals surface area contributed by atoms with Crippen LogP contribution < -0.4 is 5.32 Å². The molecule has 1 N–H and O–H groups in total. The summed E-state index contributed by atoms with van der Waals surface area (Å²) in [5.74, 6) is -0.0405. The zero-order valence-corrected chi connectivity index (χ0v) is 12.7. The van der Waals surface area contributed by atoms with Crippen molar-refractivity contribution in [1.29, 1.82) is 0 Å². The molecule has 3 aromatic rings. The molecule has 0 radical (unpaired) electrons. The molecule has 1 amide bonds. The molecular weight excluding hydrogens is 294 g/mol. The number of carbonyl (C=O) groups is 1. The Kier molecular flexibility index (Phi) is 4.56. The number of hydrogen-bond donors (Lipinski definition) is 1. The predicted molar refractivity (Wildman–Crippen MR) is 87.8 cm³/mol.